The smallest absolute Gasteiger partial charge is 0.166 e. The van der Waals surface area contributed by atoms with Crippen LogP contribution in [0.1, 0.15) is 89.9 Å². The minimum atomic E-state index is 0.658. The summed E-state index contributed by atoms with van der Waals surface area (Å²) in [5, 5.41) is 14.3. The Labute approximate surface area is 528 Å². The second kappa shape index (κ2) is 20.6. The Kier molecular flexibility index (Phi) is 11.9. The van der Waals surface area contributed by atoms with E-state index in [9.17, 15) is 0 Å². The summed E-state index contributed by atoms with van der Waals surface area (Å²) in [4.78, 5) is 63.4. The van der Waals surface area contributed by atoms with E-state index in [1.165, 1.54) is 82.9 Å². The molecule has 0 amide bonds. The first kappa shape index (κ1) is 52.5. The molecule has 454 valence electrons. The summed E-state index contributed by atoms with van der Waals surface area (Å²) in [6, 6.07) is 39.0. The van der Waals surface area contributed by atoms with Gasteiger partial charge in [-0.3, -0.25) is 0 Å². The van der Waals surface area contributed by atoms with E-state index in [-0.39, 0.29) is 0 Å². The van der Waals surface area contributed by atoms with Crippen LogP contribution >= 0.6 is 0 Å². The van der Waals surface area contributed by atoms with Gasteiger partial charge in [-0.1, -0.05) is 97.1 Å². The summed E-state index contributed by atoms with van der Waals surface area (Å²) in [5.74, 6) is 2.72. The maximum absolute atomic E-state index is 6.22. The van der Waals surface area contributed by atoms with Crippen molar-refractivity contribution in [2.45, 2.75) is 89.9 Å². The van der Waals surface area contributed by atoms with Gasteiger partial charge in [-0.2, -0.15) is 0 Å². The Morgan fingerprint density at radius 2 is 0.484 bits per heavy atom. The molecule has 7 fully saturated rings. The highest BCUT2D eigenvalue weighted by Crippen LogP contribution is 2.56. The van der Waals surface area contributed by atoms with Crippen LogP contribution in [0.2, 0.25) is 0 Å². The number of nitrogens with zero attached hydrogens (tertiary/aromatic N) is 13. The molecule has 20 rings (SSSR count). The first-order chi connectivity index (χ1) is 45.2. The van der Waals surface area contributed by atoms with Gasteiger partial charge < -0.3 is 44.3 Å². The molecule has 9 aliphatic heterocycles. The lowest BCUT2D eigenvalue weighted by atomic mass is 9.94. The number of fused-ring (bicyclic) bond motifs is 24. The number of aromatic nitrogens is 8. The van der Waals surface area contributed by atoms with Gasteiger partial charge >= 0.3 is 0 Å². The van der Waals surface area contributed by atoms with Crippen molar-refractivity contribution in [3.63, 3.8) is 0 Å². The third kappa shape index (κ3) is 7.90. The fraction of sp³-hybridized carbons (Fsp3) is 0.368. The number of benzene rings is 8. The maximum Gasteiger partial charge on any atom is 0.166 e. The number of H-pyrrole nitrogens is 2. The molecule has 11 aromatic rings. The third-order valence-corrected chi connectivity index (χ3v) is 22.1. The van der Waals surface area contributed by atoms with Crippen molar-refractivity contribution < 1.29 is 0 Å². The highest BCUT2D eigenvalue weighted by Gasteiger charge is 2.38. The minimum Gasteiger partial charge on any atom is -0.370 e. The standard InChI is InChI=1S/C76H75N15/c1-2-24-47-46(23-1)45-54-55(62(47)85-31-9-10-32-85)70-77-69(54)78-71-56-57(64(87-35-13-14-36-87)49-26-4-3-25-48(49)63(56)86-33-11-12-34-86)73(80-71)82-75-60-61(68(91-43-21-22-44-91)53-30-8-7-29-52(53)67(60)90-41-19-20-42-90)76(84-75)83-74-59-58(72(79-70)81-74)65(88-37-15-16-38-88)50-27-5-6-28-51(50)66(59)89-39-17-18-40-89/h1-8,23-30,45H,9-22,31-44H2,(H2,77,78,79,80,81,82,83,84). The molecule has 8 aromatic carbocycles. The van der Waals surface area contributed by atoms with E-state index in [0.29, 0.717) is 23.3 Å². The Morgan fingerprint density at radius 1 is 0.242 bits per heavy atom. The summed E-state index contributed by atoms with van der Waals surface area (Å²) < 4.78 is 0. The van der Waals surface area contributed by atoms with Crippen molar-refractivity contribution in [2.24, 2.45) is 0 Å². The largest absolute Gasteiger partial charge is 0.370 e. The van der Waals surface area contributed by atoms with E-state index in [1.807, 2.05) is 0 Å². The molecule has 91 heavy (non-hydrogen) atoms. The van der Waals surface area contributed by atoms with Crippen LogP contribution in [0.25, 0.3) is 133 Å². The van der Waals surface area contributed by atoms with E-state index in [2.05, 4.69) is 147 Å². The molecule has 0 spiro atoms. The van der Waals surface area contributed by atoms with E-state index in [0.717, 1.165) is 248 Å². The third-order valence-electron chi connectivity index (χ3n) is 22.1. The number of anilines is 7. The van der Waals surface area contributed by atoms with Crippen LogP contribution in [0, 0.1) is 0 Å². The fourth-order valence-corrected chi connectivity index (χ4v) is 18.2. The molecular weight excluding hydrogens is 1120 g/mol. The highest BCUT2D eigenvalue weighted by atomic mass is 15.2. The van der Waals surface area contributed by atoms with Crippen molar-refractivity contribution in [3.05, 3.63) is 103 Å². The predicted octanol–water partition coefficient (Wildman–Crippen LogP) is 15.7. The molecule has 7 saturated heterocycles. The van der Waals surface area contributed by atoms with Gasteiger partial charge in [0.25, 0.3) is 0 Å². The second-order valence-electron chi connectivity index (χ2n) is 27.3. The van der Waals surface area contributed by atoms with Crippen LogP contribution in [0.15, 0.2) is 103 Å². The highest BCUT2D eigenvalue weighted by molar-refractivity contribution is 6.30. The Bertz CT molecular complexity index is 5000. The SMILES string of the molecule is c1ccc2c(N3CCCC3)c3c(cc2c1)-c1nc-3nc2[nH]c(nc3nc(nc4[nH]c(n1)c1c(N5CCCC5)c5ccccc5c(N5CCCC5)c41)-c1c-3c(N3CCCC3)c3ccccc3c1N1CCCC1)c1c(N3CCCC3)c3ccccc3c(N3CCCC3)c21. The molecule has 0 aliphatic carbocycles. The molecule has 0 unspecified atom stereocenters. The van der Waals surface area contributed by atoms with Crippen LogP contribution < -0.4 is 34.3 Å². The summed E-state index contributed by atoms with van der Waals surface area (Å²) in [5.41, 5.74) is 15.8. The lowest BCUT2D eigenvalue weighted by Gasteiger charge is -2.29. The lowest BCUT2D eigenvalue weighted by Crippen LogP contribution is -2.22. The summed E-state index contributed by atoms with van der Waals surface area (Å²) in [6.07, 6.45) is 15.9. The van der Waals surface area contributed by atoms with E-state index < -0.39 is 0 Å². The maximum atomic E-state index is 6.22. The average molecular weight is 1200 g/mol. The Balaban J connectivity index is 1.04. The Morgan fingerprint density at radius 3 is 0.813 bits per heavy atom. The molecule has 3 aromatic heterocycles. The topological polar surface area (TPSA) is 132 Å². The predicted molar refractivity (Wildman–Crippen MR) is 376 cm³/mol. The summed E-state index contributed by atoms with van der Waals surface area (Å²) in [7, 11) is 0. The normalized spacial score (nSPS) is 18.5. The summed E-state index contributed by atoms with van der Waals surface area (Å²) in [6.45, 7) is 13.5. The van der Waals surface area contributed by atoms with Crippen molar-refractivity contribution in [1.82, 2.24) is 39.9 Å². The van der Waals surface area contributed by atoms with Gasteiger partial charge in [0.2, 0.25) is 0 Å². The molecule has 15 heteroatoms. The number of rotatable bonds is 7. The molecule has 15 nitrogen and oxygen atoms in total. The van der Waals surface area contributed by atoms with Gasteiger partial charge in [0.05, 0.1) is 78.0 Å². The molecule has 8 bridgehead atoms. The molecule has 0 saturated carbocycles. The van der Waals surface area contributed by atoms with Crippen LogP contribution in [-0.4, -0.2) is 131 Å². The van der Waals surface area contributed by atoms with Gasteiger partial charge in [0.1, 0.15) is 22.6 Å². The minimum absolute atomic E-state index is 0.658. The summed E-state index contributed by atoms with van der Waals surface area (Å²) >= 11 is 0. The number of nitrogens with one attached hydrogen (secondary N) is 2. The van der Waals surface area contributed by atoms with Gasteiger partial charge in [-0.25, -0.2) is 29.9 Å². The quantitative estimate of drug-likeness (QED) is 0.157. The molecule has 9 aliphatic rings. The second-order valence-corrected chi connectivity index (χ2v) is 27.3. The first-order valence-electron chi connectivity index (χ1n) is 34.6. The number of hydrogen-bond donors (Lipinski definition) is 2. The van der Waals surface area contributed by atoms with E-state index in [4.69, 9.17) is 29.9 Å². The van der Waals surface area contributed by atoms with Crippen LogP contribution in [-0.2, 0) is 0 Å². The average Bonchev–Trinajstić information content (AvgIpc) is 1.60. The number of hydrogen-bond acceptors (Lipinski definition) is 13. The molecule has 12 heterocycles. The van der Waals surface area contributed by atoms with E-state index >= 15 is 0 Å². The molecule has 2 N–H and O–H groups in total. The zero-order chi connectivity index (χ0) is 59.4. The zero-order valence-electron chi connectivity index (χ0n) is 51.9. The van der Waals surface area contributed by atoms with Gasteiger partial charge in [-0.05, 0) is 101 Å². The first-order valence-corrected chi connectivity index (χ1v) is 34.6. The van der Waals surface area contributed by atoms with Gasteiger partial charge in [0.15, 0.2) is 23.3 Å². The van der Waals surface area contributed by atoms with Crippen molar-refractivity contribution in [1.29, 1.82) is 0 Å². The van der Waals surface area contributed by atoms with E-state index in [1.54, 1.807) is 0 Å². The van der Waals surface area contributed by atoms with Gasteiger partial charge in [-0.15, -0.1) is 0 Å². The van der Waals surface area contributed by atoms with Crippen molar-refractivity contribution in [3.8, 4) is 45.6 Å². The van der Waals surface area contributed by atoms with Crippen LogP contribution in [0.3, 0.4) is 0 Å². The lowest BCUT2D eigenvalue weighted by molar-refractivity contribution is 0.949. The van der Waals surface area contributed by atoms with Gasteiger partial charge in [0, 0.05) is 135 Å². The monoisotopic (exact) mass is 1200 g/mol. The zero-order valence-corrected chi connectivity index (χ0v) is 51.9. The Hall–Kier alpha value is -9.24. The van der Waals surface area contributed by atoms with Crippen molar-refractivity contribution in [2.75, 3.05) is 126 Å². The van der Waals surface area contributed by atoms with Crippen LogP contribution in [0.4, 0.5) is 39.8 Å². The van der Waals surface area contributed by atoms with Crippen molar-refractivity contribution >= 4 is 127 Å². The van der Waals surface area contributed by atoms with Crippen LogP contribution in [0.5, 0.6) is 0 Å². The molecule has 0 radical (unpaired) electrons. The number of aromatic amines is 2. The fourth-order valence-electron chi connectivity index (χ4n) is 18.2. The molecule has 0 atom stereocenters. The molecular formula is C76H75N15.